The van der Waals surface area contributed by atoms with Crippen LogP contribution in [0, 0.1) is 5.41 Å². The highest BCUT2D eigenvalue weighted by atomic mass is 16.2. The van der Waals surface area contributed by atoms with Crippen LogP contribution in [0.5, 0.6) is 0 Å². The fourth-order valence-electron chi connectivity index (χ4n) is 2.80. The topological polar surface area (TPSA) is 41.1 Å². The van der Waals surface area contributed by atoms with Crippen molar-refractivity contribution in [2.75, 3.05) is 13.1 Å². The summed E-state index contributed by atoms with van der Waals surface area (Å²) >= 11 is 0. The molecule has 0 aromatic heterocycles. The number of hydrogen-bond acceptors (Lipinski definition) is 2. The average molecular weight is 260 g/mol. The monoisotopic (exact) mass is 260 g/mol. The Morgan fingerprint density at radius 3 is 2.74 bits per heavy atom. The van der Waals surface area contributed by atoms with Crippen molar-refractivity contribution in [3.8, 4) is 0 Å². The van der Waals surface area contributed by atoms with E-state index in [0.717, 1.165) is 37.9 Å². The molecule has 2 rings (SSSR count). The van der Waals surface area contributed by atoms with E-state index in [9.17, 15) is 4.79 Å². The molecule has 1 fully saturated rings. The van der Waals surface area contributed by atoms with Gasteiger partial charge >= 0.3 is 0 Å². The third-order valence-corrected chi connectivity index (χ3v) is 4.28. The molecule has 19 heavy (non-hydrogen) atoms. The van der Waals surface area contributed by atoms with Crippen LogP contribution in [0.2, 0.25) is 0 Å². The Bertz CT molecular complexity index is 410. The minimum Gasteiger partial charge on any atom is -0.349 e. The molecule has 1 aromatic carbocycles. The van der Waals surface area contributed by atoms with E-state index in [-0.39, 0.29) is 17.4 Å². The lowest BCUT2D eigenvalue weighted by Crippen LogP contribution is -2.50. The third-order valence-electron chi connectivity index (χ3n) is 4.28. The molecule has 3 nitrogen and oxygen atoms in total. The van der Waals surface area contributed by atoms with E-state index in [4.69, 9.17) is 0 Å². The molecule has 1 saturated heterocycles. The fourth-order valence-corrected chi connectivity index (χ4v) is 2.80. The number of carbonyl (C=O) groups excluding carboxylic acids is 1. The van der Waals surface area contributed by atoms with Gasteiger partial charge in [-0.1, -0.05) is 37.3 Å². The summed E-state index contributed by atoms with van der Waals surface area (Å²) in [6.45, 7) is 5.99. The van der Waals surface area contributed by atoms with Crippen LogP contribution in [0.1, 0.15) is 44.7 Å². The molecule has 0 radical (unpaired) electrons. The van der Waals surface area contributed by atoms with E-state index >= 15 is 0 Å². The molecule has 0 saturated carbocycles. The molecule has 2 atom stereocenters. The standard InChI is InChI=1S/C16H24N2O/c1-3-16(10-7-11-17-12-16)15(19)18-13(2)14-8-5-4-6-9-14/h4-6,8-9,13,17H,3,7,10-12H2,1-2H3,(H,18,19)/t13-,16?/m1/s1. The molecule has 1 amide bonds. The summed E-state index contributed by atoms with van der Waals surface area (Å²) < 4.78 is 0. The second kappa shape index (κ2) is 6.20. The zero-order valence-electron chi connectivity index (χ0n) is 11.9. The molecule has 0 aliphatic carbocycles. The molecule has 104 valence electrons. The van der Waals surface area contributed by atoms with Gasteiger partial charge in [0.1, 0.15) is 0 Å². The van der Waals surface area contributed by atoms with Crippen LogP contribution in [0.25, 0.3) is 0 Å². The van der Waals surface area contributed by atoms with Crippen LogP contribution in [0.3, 0.4) is 0 Å². The first-order chi connectivity index (χ1) is 9.18. The van der Waals surface area contributed by atoms with Crippen molar-refractivity contribution in [1.29, 1.82) is 0 Å². The minimum absolute atomic E-state index is 0.0686. The number of nitrogens with one attached hydrogen (secondary N) is 2. The fraction of sp³-hybridized carbons (Fsp3) is 0.562. The van der Waals surface area contributed by atoms with Crippen molar-refractivity contribution >= 4 is 5.91 Å². The molecule has 0 spiro atoms. The van der Waals surface area contributed by atoms with E-state index in [1.807, 2.05) is 25.1 Å². The molecule has 1 aliphatic heterocycles. The highest BCUT2D eigenvalue weighted by molar-refractivity contribution is 5.83. The van der Waals surface area contributed by atoms with Gasteiger partial charge in [0, 0.05) is 6.54 Å². The third kappa shape index (κ3) is 3.16. The van der Waals surface area contributed by atoms with Crippen molar-refractivity contribution < 1.29 is 4.79 Å². The van der Waals surface area contributed by atoms with Gasteiger partial charge in [0.25, 0.3) is 0 Å². The maximum atomic E-state index is 12.6. The van der Waals surface area contributed by atoms with Crippen LogP contribution < -0.4 is 10.6 Å². The van der Waals surface area contributed by atoms with Crippen LogP contribution in [0.4, 0.5) is 0 Å². The first kappa shape index (κ1) is 14.1. The maximum absolute atomic E-state index is 12.6. The smallest absolute Gasteiger partial charge is 0.227 e. The second-order valence-corrected chi connectivity index (χ2v) is 5.52. The van der Waals surface area contributed by atoms with Crippen molar-refractivity contribution in [3.05, 3.63) is 35.9 Å². The predicted octanol–water partition coefficient (Wildman–Crippen LogP) is 2.64. The number of piperidine rings is 1. The van der Waals surface area contributed by atoms with E-state index in [1.165, 1.54) is 0 Å². The van der Waals surface area contributed by atoms with E-state index in [1.54, 1.807) is 0 Å². The van der Waals surface area contributed by atoms with Gasteiger partial charge < -0.3 is 10.6 Å². The number of benzene rings is 1. The summed E-state index contributed by atoms with van der Waals surface area (Å²) in [5.74, 6) is 0.193. The van der Waals surface area contributed by atoms with Gasteiger partial charge in [-0.2, -0.15) is 0 Å². The maximum Gasteiger partial charge on any atom is 0.227 e. The zero-order chi connectivity index (χ0) is 13.7. The second-order valence-electron chi connectivity index (χ2n) is 5.52. The average Bonchev–Trinajstić information content (AvgIpc) is 2.48. The first-order valence-electron chi connectivity index (χ1n) is 7.24. The highest BCUT2D eigenvalue weighted by Crippen LogP contribution is 2.31. The summed E-state index contributed by atoms with van der Waals surface area (Å²) in [6, 6.07) is 10.2. The Balaban J connectivity index is 2.03. The van der Waals surface area contributed by atoms with Gasteiger partial charge in [0.2, 0.25) is 5.91 Å². The van der Waals surface area contributed by atoms with E-state index in [0.29, 0.717) is 0 Å². The summed E-state index contributed by atoms with van der Waals surface area (Å²) in [7, 11) is 0. The number of amides is 1. The number of rotatable bonds is 4. The largest absolute Gasteiger partial charge is 0.349 e. The van der Waals surface area contributed by atoms with E-state index in [2.05, 4.69) is 29.7 Å². The normalized spacial score (nSPS) is 24.7. The van der Waals surface area contributed by atoms with Gasteiger partial charge in [0.05, 0.1) is 11.5 Å². The quantitative estimate of drug-likeness (QED) is 0.874. The van der Waals surface area contributed by atoms with Gasteiger partial charge in [0.15, 0.2) is 0 Å². The van der Waals surface area contributed by atoms with Gasteiger partial charge in [-0.05, 0) is 38.3 Å². The Hall–Kier alpha value is -1.35. The summed E-state index contributed by atoms with van der Waals surface area (Å²) in [6.07, 6.45) is 2.97. The SMILES string of the molecule is CCC1(C(=O)N[C@H](C)c2ccccc2)CCCNC1. The lowest BCUT2D eigenvalue weighted by atomic mass is 9.77. The first-order valence-corrected chi connectivity index (χ1v) is 7.24. The highest BCUT2D eigenvalue weighted by Gasteiger charge is 2.38. The molecule has 1 unspecified atom stereocenters. The Morgan fingerprint density at radius 2 is 2.16 bits per heavy atom. The zero-order valence-corrected chi connectivity index (χ0v) is 11.9. The lowest BCUT2D eigenvalue weighted by Gasteiger charge is -2.36. The summed E-state index contributed by atoms with van der Waals surface area (Å²) in [5, 5.41) is 6.54. The number of carbonyl (C=O) groups is 1. The Kier molecular flexibility index (Phi) is 4.59. The molecule has 1 aliphatic rings. The predicted molar refractivity (Wildman–Crippen MR) is 77.8 cm³/mol. The van der Waals surface area contributed by atoms with E-state index < -0.39 is 0 Å². The molecule has 1 heterocycles. The molecular weight excluding hydrogens is 236 g/mol. The lowest BCUT2D eigenvalue weighted by molar-refractivity contribution is -0.133. The Labute approximate surface area is 115 Å². The van der Waals surface area contributed by atoms with Gasteiger partial charge in [-0.25, -0.2) is 0 Å². The van der Waals surface area contributed by atoms with Crippen LogP contribution in [0.15, 0.2) is 30.3 Å². The summed E-state index contributed by atoms with van der Waals surface area (Å²) in [5.41, 5.74) is 0.937. The molecular formula is C16H24N2O. The summed E-state index contributed by atoms with van der Waals surface area (Å²) in [4.78, 5) is 12.6. The molecule has 3 heteroatoms. The van der Waals surface area contributed by atoms with Crippen LogP contribution in [-0.2, 0) is 4.79 Å². The van der Waals surface area contributed by atoms with Crippen molar-refractivity contribution in [3.63, 3.8) is 0 Å². The molecule has 0 bridgehead atoms. The van der Waals surface area contributed by atoms with Crippen molar-refractivity contribution in [2.24, 2.45) is 5.41 Å². The van der Waals surface area contributed by atoms with Crippen LogP contribution >= 0.6 is 0 Å². The molecule has 1 aromatic rings. The van der Waals surface area contributed by atoms with Crippen molar-refractivity contribution in [2.45, 2.75) is 39.2 Å². The number of hydrogen-bond donors (Lipinski definition) is 2. The van der Waals surface area contributed by atoms with Crippen LogP contribution in [-0.4, -0.2) is 19.0 Å². The van der Waals surface area contributed by atoms with Gasteiger partial charge in [-0.3, -0.25) is 4.79 Å². The van der Waals surface area contributed by atoms with Gasteiger partial charge in [-0.15, -0.1) is 0 Å². The van der Waals surface area contributed by atoms with Crippen molar-refractivity contribution in [1.82, 2.24) is 10.6 Å². The Morgan fingerprint density at radius 1 is 1.42 bits per heavy atom. The minimum atomic E-state index is -0.221. The molecule has 2 N–H and O–H groups in total.